The summed E-state index contributed by atoms with van der Waals surface area (Å²) in [7, 11) is 0. The number of primary amides is 1. The second kappa shape index (κ2) is 8.83. The van der Waals surface area contributed by atoms with Crippen LogP contribution in [0.25, 0.3) is 0 Å². The van der Waals surface area contributed by atoms with E-state index in [1.165, 1.54) is 0 Å². The molecule has 0 aliphatic carbocycles. The van der Waals surface area contributed by atoms with Gasteiger partial charge in [-0.15, -0.1) is 0 Å². The van der Waals surface area contributed by atoms with Crippen LogP contribution in [0.4, 0.5) is 4.39 Å². The highest BCUT2D eigenvalue weighted by atomic mass is 35.5. The van der Waals surface area contributed by atoms with Crippen LogP contribution in [0.2, 0.25) is 5.02 Å². The molecular formula is C19H22ClFN2O2. The van der Waals surface area contributed by atoms with Gasteiger partial charge in [0.25, 0.3) is 0 Å². The van der Waals surface area contributed by atoms with Crippen LogP contribution in [-0.2, 0) is 4.79 Å². The van der Waals surface area contributed by atoms with Crippen molar-refractivity contribution in [2.75, 3.05) is 0 Å². The highest BCUT2D eigenvalue weighted by Crippen LogP contribution is 2.36. The van der Waals surface area contributed by atoms with Gasteiger partial charge in [-0.05, 0) is 31.5 Å². The van der Waals surface area contributed by atoms with Crippen LogP contribution in [0.15, 0.2) is 42.5 Å². The van der Waals surface area contributed by atoms with Gasteiger partial charge in [-0.25, -0.2) is 4.39 Å². The number of halogens is 2. The lowest BCUT2D eigenvalue weighted by atomic mass is 10.0. The van der Waals surface area contributed by atoms with Crippen LogP contribution in [0.1, 0.15) is 38.3 Å². The maximum absolute atomic E-state index is 15.0. The van der Waals surface area contributed by atoms with Gasteiger partial charge in [0.15, 0.2) is 11.6 Å². The second-order valence-corrected chi connectivity index (χ2v) is 6.30. The Bertz CT molecular complexity index is 725. The van der Waals surface area contributed by atoms with Gasteiger partial charge in [-0.1, -0.05) is 42.8 Å². The summed E-state index contributed by atoms with van der Waals surface area (Å²) in [6, 6.07) is 11.7. The lowest BCUT2D eigenvalue weighted by Crippen LogP contribution is -2.34. The summed E-state index contributed by atoms with van der Waals surface area (Å²) < 4.78 is 20.7. The molecule has 4 nitrogen and oxygen atoms in total. The van der Waals surface area contributed by atoms with Gasteiger partial charge in [0.1, 0.15) is 5.75 Å². The Kier molecular flexibility index (Phi) is 6.79. The molecule has 2 aromatic carbocycles. The van der Waals surface area contributed by atoms with E-state index in [2.05, 4.69) is 5.32 Å². The number of para-hydroxylation sites is 1. The number of carbonyl (C=O) groups excluding carboxylic acids is 1. The van der Waals surface area contributed by atoms with E-state index in [0.717, 1.165) is 0 Å². The molecule has 2 atom stereocenters. The number of benzene rings is 2. The quantitative estimate of drug-likeness (QED) is 0.720. The topological polar surface area (TPSA) is 64.3 Å². The summed E-state index contributed by atoms with van der Waals surface area (Å²) in [5, 5.41) is 3.43. The summed E-state index contributed by atoms with van der Waals surface area (Å²) in [5.41, 5.74) is 5.66. The molecule has 3 N–H and O–H groups in total. The number of amides is 1. The van der Waals surface area contributed by atoms with E-state index in [-0.39, 0.29) is 29.3 Å². The molecule has 2 aromatic rings. The third-order valence-electron chi connectivity index (χ3n) is 3.82. The third kappa shape index (κ3) is 5.18. The van der Waals surface area contributed by atoms with Crippen LogP contribution >= 0.6 is 11.6 Å². The average molecular weight is 365 g/mol. The Morgan fingerprint density at radius 3 is 2.56 bits per heavy atom. The summed E-state index contributed by atoms with van der Waals surface area (Å²) in [4.78, 5) is 11.1. The normalized spacial score (nSPS) is 13.3. The third-order valence-corrected chi connectivity index (χ3v) is 4.12. The molecule has 6 heteroatoms. The molecule has 25 heavy (non-hydrogen) atoms. The van der Waals surface area contributed by atoms with Crippen LogP contribution in [0.5, 0.6) is 11.5 Å². The summed E-state index contributed by atoms with van der Waals surface area (Å²) >= 11 is 6.13. The van der Waals surface area contributed by atoms with E-state index in [4.69, 9.17) is 22.1 Å². The van der Waals surface area contributed by atoms with Crippen LogP contribution < -0.4 is 15.8 Å². The molecule has 0 bridgehead atoms. The largest absolute Gasteiger partial charge is 0.453 e. The lowest BCUT2D eigenvalue weighted by Gasteiger charge is -2.23. The zero-order valence-electron chi connectivity index (χ0n) is 14.3. The Morgan fingerprint density at radius 2 is 1.96 bits per heavy atom. The Balaban J connectivity index is 2.28. The van der Waals surface area contributed by atoms with Crippen molar-refractivity contribution in [3.05, 3.63) is 58.9 Å². The van der Waals surface area contributed by atoms with Gasteiger partial charge in [-0.2, -0.15) is 0 Å². The van der Waals surface area contributed by atoms with E-state index in [1.807, 2.05) is 19.9 Å². The number of hydrogen-bond acceptors (Lipinski definition) is 3. The first-order valence-corrected chi connectivity index (χ1v) is 8.55. The predicted octanol–water partition coefficient (Wildman–Crippen LogP) is 4.58. The average Bonchev–Trinajstić information content (AvgIpc) is 2.57. The summed E-state index contributed by atoms with van der Waals surface area (Å²) in [6.07, 6.45) is 0.811. The van der Waals surface area contributed by atoms with E-state index < -0.39 is 11.7 Å². The molecule has 0 radical (unpaired) electrons. The standard InChI is InChI=1S/C19H22ClFN2O2/c1-3-16(23-12(2)11-17(22)24)14-9-10-15(20)19(18(14)21)25-13-7-5-4-6-8-13/h4-10,12,16,23H,3,11H2,1-2H3,(H2,22,24)/t12-,16?/m1/s1. The van der Waals surface area contributed by atoms with Gasteiger partial charge >= 0.3 is 0 Å². The molecule has 1 amide bonds. The van der Waals surface area contributed by atoms with Crippen molar-refractivity contribution >= 4 is 17.5 Å². The number of nitrogens with one attached hydrogen (secondary N) is 1. The number of hydrogen-bond donors (Lipinski definition) is 2. The van der Waals surface area contributed by atoms with Crippen molar-refractivity contribution in [1.29, 1.82) is 0 Å². The molecule has 0 spiro atoms. The van der Waals surface area contributed by atoms with Crippen LogP contribution in [0.3, 0.4) is 0 Å². The molecule has 2 rings (SSSR count). The number of nitrogens with two attached hydrogens (primary N) is 1. The van der Waals surface area contributed by atoms with Gasteiger partial charge < -0.3 is 15.8 Å². The van der Waals surface area contributed by atoms with Crippen molar-refractivity contribution in [3.8, 4) is 11.5 Å². The second-order valence-electron chi connectivity index (χ2n) is 5.89. The summed E-state index contributed by atoms with van der Waals surface area (Å²) in [6.45, 7) is 3.77. The zero-order chi connectivity index (χ0) is 18.4. The maximum Gasteiger partial charge on any atom is 0.218 e. The smallest absolute Gasteiger partial charge is 0.218 e. The SMILES string of the molecule is CCC(N[C@H](C)CC(N)=O)c1ccc(Cl)c(Oc2ccccc2)c1F. The molecule has 0 aliphatic heterocycles. The minimum Gasteiger partial charge on any atom is -0.453 e. The summed E-state index contributed by atoms with van der Waals surface area (Å²) in [5.74, 6) is -0.418. The van der Waals surface area contributed by atoms with E-state index in [9.17, 15) is 4.79 Å². The van der Waals surface area contributed by atoms with E-state index in [1.54, 1.807) is 36.4 Å². The fourth-order valence-electron chi connectivity index (χ4n) is 2.65. The first kappa shape index (κ1) is 19.2. The minimum absolute atomic E-state index is 0.00632. The highest BCUT2D eigenvalue weighted by molar-refractivity contribution is 6.32. The highest BCUT2D eigenvalue weighted by Gasteiger charge is 2.22. The van der Waals surface area contributed by atoms with Crippen molar-refractivity contribution in [1.82, 2.24) is 5.32 Å². The molecule has 0 fully saturated rings. The Labute approximate surface area is 152 Å². The molecule has 0 aromatic heterocycles. The monoisotopic (exact) mass is 364 g/mol. The fourth-order valence-corrected chi connectivity index (χ4v) is 2.83. The molecule has 1 unspecified atom stereocenters. The van der Waals surface area contributed by atoms with Gasteiger partial charge in [0, 0.05) is 24.1 Å². The lowest BCUT2D eigenvalue weighted by molar-refractivity contribution is -0.118. The molecule has 0 heterocycles. The maximum atomic E-state index is 15.0. The number of ether oxygens (including phenoxy) is 1. The van der Waals surface area contributed by atoms with Crippen molar-refractivity contribution in [2.45, 2.75) is 38.8 Å². The van der Waals surface area contributed by atoms with Crippen molar-refractivity contribution in [2.24, 2.45) is 5.73 Å². The zero-order valence-corrected chi connectivity index (χ0v) is 15.0. The molecule has 134 valence electrons. The molecular weight excluding hydrogens is 343 g/mol. The number of rotatable bonds is 8. The van der Waals surface area contributed by atoms with Gasteiger partial charge in [0.2, 0.25) is 5.91 Å². The minimum atomic E-state index is -0.512. The van der Waals surface area contributed by atoms with E-state index >= 15 is 4.39 Å². The first-order chi connectivity index (χ1) is 11.9. The van der Waals surface area contributed by atoms with Crippen LogP contribution in [-0.4, -0.2) is 11.9 Å². The van der Waals surface area contributed by atoms with Gasteiger partial charge in [0.05, 0.1) is 5.02 Å². The molecule has 0 saturated carbocycles. The van der Waals surface area contributed by atoms with Gasteiger partial charge in [-0.3, -0.25) is 4.79 Å². The Hall–Kier alpha value is -2.11. The van der Waals surface area contributed by atoms with Crippen LogP contribution in [0, 0.1) is 5.82 Å². The van der Waals surface area contributed by atoms with Crippen molar-refractivity contribution in [3.63, 3.8) is 0 Å². The molecule has 0 aliphatic rings. The Morgan fingerprint density at radius 1 is 1.28 bits per heavy atom. The molecule has 0 saturated heterocycles. The fraction of sp³-hybridized carbons (Fsp3) is 0.316. The predicted molar refractivity (Wildman–Crippen MR) is 97.4 cm³/mol. The number of carbonyl (C=O) groups is 1. The first-order valence-electron chi connectivity index (χ1n) is 8.17. The van der Waals surface area contributed by atoms with Crippen molar-refractivity contribution < 1.29 is 13.9 Å². The van der Waals surface area contributed by atoms with E-state index in [0.29, 0.717) is 17.7 Å².